The third-order valence-electron chi connectivity index (χ3n) is 3.23. The number of carbonyl (C=O) groups excluding carboxylic acids is 1. The minimum atomic E-state index is -0.204. The van der Waals surface area contributed by atoms with Crippen LogP contribution in [0, 0.1) is 13.8 Å². The Morgan fingerprint density at radius 3 is 2.74 bits per heavy atom. The highest BCUT2D eigenvalue weighted by Crippen LogP contribution is 2.29. The summed E-state index contributed by atoms with van der Waals surface area (Å²) in [6.07, 6.45) is 1.71. The van der Waals surface area contributed by atoms with Crippen molar-refractivity contribution in [2.45, 2.75) is 13.8 Å². The summed E-state index contributed by atoms with van der Waals surface area (Å²) in [5.41, 5.74) is 2.63. The number of thiazole rings is 1. The molecule has 1 aromatic carbocycles. The van der Waals surface area contributed by atoms with Gasteiger partial charge in [0, 0.05) is 16.8 Å². The van der Waals surface area contributed by atoms with E-state index in [1.807, 2.05) is 44.2 Å². The van der Waals surface area contributed by atoms with Crippen molar-refractivity contribution in [2.75, 3.05) is 5.32 Å². The zero-order valence-electron chi connectivity index (χ0n) is 12.6. The van der Waals surface area contributed by atoms with Gasteiger partial charge in [-0.15, -0.1) is 11.3 Å². The van der Waals surface area contributed by atoms with Crippen LogP contribution in [0.25, 0.3) is 10.6 Å². The molecule has 2 heterocycles. The number of pyridine rings is 1. The zero-order chi connectivity index (χ0) is 16.4. The molecule has 0 fully saturated rings. The van der Waals surface area contributed by atoms with Crippen LogP contribution in [0.3, 0.4) is 0 Å². The molecule has 2 aromatic heterocycles. The second-order valence-corrected chi connectivity index (χ2v) is 6.55. The number of amides is 1. The fourth-order valence-electron chi connectivity index (χ4n) is 2.07. The number of hydrogen-bond acceptors (Lipinski definition) is 4. The first-order valence-electron chi connectivity index (χ1n) is 7.00. The molecule has 3 rings (SSSR count). The molecule has 0 atom stereocenters. The van der Waals surface area contributed by atoms with Gasteiger partial charge < -0.3 is 5.32 Å². The van der Waals surface area contributed by atoms with Crippen molar-refractivity contribution in [3.63, 3.8) is 0 Å². The van der Waals surface area contributed by atoms with Gasteiger partial charge in [0.1, 0.15) is 15.7 Å². The number of rotatable bonds is 3. The maximum atomic E-state index is 12.4. The van der Waals surface area contributed by atoms with Crippen LogP contribution in [-0.2, 0) is 0 Å². The molecule has 0 aliphatic rings. The standard InChI is InChI=1S/C17H14ClN3OS/c1-10-6-7-14(19-9-10)21-16(22)15-11(2)20-17(23-15)12-4-3-5-13(18)8-12/h3-9H,1-2H3,(H,19,21,22). The van der Waals surface area contributed by atoms with Crippen LogP contribution in [0.4, 0.5) is 5.82 Å². The highest BCUT2D eigenvalue weighted by molar-refractivity contribution is 7.17. The molecule has 0 aliphatic heterocycles. The molecule has 23 heavy (non-hydrogen) atoms. The van der Waals surface area contributed by atoms with Crippen LogP contribution in [0.15, 0.2) is 42.6 Å². The average molecular weight is 344 g/mol. The topological polar surface area (TPSA) is 54.9 Å². The molecule has 1 amide bonds. The quantitative estimate of drug-likeness (QED) is 0.748. The molecule has 0 unspecified atom stereocenters. The van der Waals surface area contributed by atoms with Gasteiger partial charge in [-0.05, 0) is 37.6 Å². The molecule has 116 valence electrons. The summed E-state index contributed by atoms with van der Waals surface area (Å²) in [4.78, 5) is 21.7. The van der Waals surface area contributed by atoms with Gasteiger partial charge in [0.2, 0.25) is 0 Å². The van der Waals surface area contributed by atoms with E-state index in [0.29, 0.717) is 21.4 Å². The number of hydrogen-bond donors (Lipinski definition) is 1. The Hall–Kier alpha value is -2.24. The lowest BCUT2D eigenvalue weighted by molar-refractivity contribution is 0.102. The molecule has 0 aliphatic carbocycles. The van der Waals surface area contributed by atoms with Crippen LogP contribution < -0.4 is 5.32 Å². The second kappa shape index (κ2) is 6.48. The van der Waals surface area contributed by atoms with Gasteiger partial charge in [0.05, 0.1) is 5.69 Å². The summed E-state index contributed by atoms with van der Waals surface area (Å²) >= 11 is 7.36. The molecule has 3 aromatic rings. The number of halogens is 1. The fourth-order valence-corrected chi connectivity index (χ4v) is 3.22. The fraction of sp³-hybridized carbons (Fsp3) is 0.118. The van der Waals surface area contributed by atoms with Gasteiger partial charge in [-0.2, -0.15) is 0 Å². The smallest absolute Gasteiger partial charge is 0.268 e. The van der Waals surface area contributed by atoms with E-state index in [0.717, 1.165) is 16.1 Å². The molecule has 0 saturated heterocycles. The molecular weight excluding hydrogens is 330 g/mol. The minimum Gasteiger partial charge on any atom is -0.306 e. The third kappa shape index (κ3) is 3.57. The summed E-state index contributed by atoms with van der Waals surface area (Å²) in [6, 6.07) is 11.1. The number of nitrogens with one attached hydrogen (secondary N) is 1. The predicted molar refractivity (Wildman–Crippen MR) is 94.2 cm³/mol. The van der Waals surface area contributed by atoms with E-state index < -0.39 is 0 Å². The molecule has 0 spiro atoms. The minimum absolute atomic E-state index is 0.204. The van der Waals surface area contributed by atoms with Gasteiger partial charge >= 0.3 is 0 Å². The first kappa shape index (κ1) is 15.6. The summed E-state index contributed by atoms with van der Waals surface area (Å²) in [5, 5.41) is 4.21. The van der Waals surface area contributed by atoms with E-state index >= 15 is 0 Å². The van der Waals surface area contributed by atoms with Crippen molar-refractivity contribution >= 4 is 34.7 Å². The Balaban J connectivity index is 1.85. The summed E-state index contributed by atoms with van der Waals surface area (Å²) in [6.45, 7) is 3.77. The van der Waals surface area contributed by atoms with E-state index in [1.54, 1.807) is 12.3 Å². The Morgan fingerprint density at radius 1 is 1.22 bits per heavy atom. The Morgan fingerprint density at radius 2 is 2.04 bits per heavy atom. The molecule has 6 heteroatoms. The van der Waals surface area contributed by atoms with Crippen LogP contribution in [0.1, 0.15) is 20.9 Å². The number of aryl methyl sites for hydroxylation is 2. The monoisotopic (exact) mass is 343 g/mol. The SMILES string of the molecule is Cc1ccc(NC(=O)c2sc(-c3cccc(Cl)c3)nc2C)nc1. The molecule has 0 saturated carbocycles. The average Bonchev–Trinajstić information content (AvgIpc) is 2.92. The summed E-state index contributed by atoms with van der Waals surface area (Å²) in [7, 11) is 0. The van der Waals surface area contributed by atoms with Gasteiger partial charge in [0.15, 0.2) is 0 Å². The first-order chi connectivity index (χ1) is 11.0. The van der Waals surface area contributed by atoms with Gasteiger partial charge in [0.25, 0.3) is 5.91 Å². The van der Waals surface area contributed by atoms with E-state index in [-0.39, 0.29) is 5.91 Å². The molecule has 0 bridgehead atoms. The lowest BCUT2D eigenvalue weighted by atomic mass is 10.2. The Labute approximate surface area is 143 Å². The van der Waals surface area contributed by atoms with Gasteiger partial charge in [-0.3, -0.25) is 4.79 Å². The zero-order valence-corrected chi connectivity index (χ0v) is 14.2. The lowest BCUT2D eigenvalue weighted by Crippen LogP contribution is -2.12. The van der Waals surface area contributed by atoms with E-state index in [4.69, 9.17) is 11.6 Å². The largest absolute Gasteiger partial charge is 0.306 e. The van der Waals surface area contributed by atoms with Crippen LogP contribution in [0.5, 0.6) is 0 Å². The third-order valence-corrected chi connectivity index (χ3v) is 4.67. The van der Waals surface area contributed by atoms with Crippen molar-refractivity contribution in [2.24, 2.45) is 0 Å². The van der Waals surface area contributed by atoms with E-state index in [1.165, 1.54) is 11.3 Å². The highest BCUT2D eigenvalue weighted by Gasteiger charge is 2.16. The number of anilines is 1. The van der Waals surface area contributed by atoms with Gasteiger partial charge in [-0.1, -0.05) is 29.8 Å². The van der Waals surface area contributed by atoms with Gasteiger partial charge in [-0.25, -0.2) is 9.97 Å². The van der Waals surface area contributed by atoms with Crippen LogP contribution >= 0.6 is 22.9 Å². The molecule has 0 radical (unpaired) electrons. The number of aromatic nitrogens is 2. The number of nitrogens with zero attached hydrogens (tertiary/aromatic N) is 2. The van der Waals surface area contributed by atoms with E-state index in [2.05, 4.69) is 15.3 Å². The van der Waals surface area contributed by atoms with Crippen molar-refractivity contribution in [1.82, 2.24) is 9.97 Å². The van der Waals surface area contributed by atoms with Crippen LogP contribution in [-0.4, -0.2) is 15.9 Å². The molecular formula is C17H14ClN3OS. The summed E-state index contributed by atoms with van der Waals surface area (Å²) in [5.74, 6) is 0.322. The first-order valence-corrected chi connectivity index (χ1v) is 8.20. The summed E-state index contributed by atoms with van der Waals surface area (Å²) < 4.78 is 0. The Bertz CT molecular complexity index is 859. The van der Waals surface area contributed by atoms with Crippen molar-refractivity contribution in [1.29, 1.82) is 0 Å². The van der Waals surface area contributed by atoms with Crippen molar-refractivity contribution in [3.8, 4) is 10.6 Å². The normalized spacial score (nSPS) is 10.6. The Kier molecular flexibility index (Phi) is 4.41. The van der Waals surface area contributed by atoms with Crippen molar-refractivity contribution in [3.05, 3.63) is 63.8 Å². The maximum absolute atomic E-state index is 12.4. The second-order valence-electron chi connectivity index (χ2n) is 5.12. The lowest BCUT2D eigenvalue weighted by Gasteiger charge is -2.03. The maximum Gasteiger partial charge on any atom is 0.268 e. The highest BCUT2D eigenvalue weighted by atomic mass is 35.5. The number of carbonyl (C=O) groups is 1. The van der Waals surface area contributed by atoms with E-state index in [9.17, 15) is 4.79 Å². The van der Waals surface area contributed by atoms with Crippen LogP contribution in [0.2, 0.25) is 5.02 Å². The molecule has 4 nitrogen and oxygen atoms in total. The predicted octanol–water partition coefficient (Wildman–Crippen LogP) is 4.73. The van der Waals surface area contributed by atoms with Crippen molar-refractivity contribution < 1.29 is 4.79 Å². The molecule has 1 N–H and O–H groups in total. The number of benzene rings is 1.